The zero-order valence-electron chi connectivity index (χ0n) is 12.7. The molecule has 0 spiro atoms. The maximum atomic E-state index is 6.24. The Kier molecular flexibility index (Phi) is 5.80. The molecule has 2 rings (SSSR count). The fourth-order valence-electron chi connectivity index (χ4n) is 2.32. The molecule has 0 saturated carbocycles. The molecule has 2 nitrogen and oxygen atoms in total. The van der Waals surface area contributed by atoms with Gasteiger partial charge in [0.2, 0.25) is 0 Å². The van der Waals surface area contributed by atoms with Gasteiger partial charge < -0.3 is 10.6 Å². The molecule has 0 aromatic heterocycles. The van der Waals surface area contributed by atoms with Gasteiger partial charge in [-0.3, -0.25) is 0 Å². The number of hydrogen-bond donors (Lipinski definition) is 1. The molecule has 1 atom stereocenters. The SMILES string of the molecule is Cc1ccc(CN(C)CCC(N)c2ccc(Cl)cc2)cc1. The number of rotatable bonds is 6. The fraction of sp³-hybridized carbons (Fsp3) is 0.333. The second kappa shape index (κ2) is 7.60. The molecule has 0 aliphatic heterocycles. The smallest absolute Gasteiger partial charge is 0.0406 e. The number of hydrogen-bond acceptors (Lipinski definition) is 2. The summed E-state index contributed by atoms with van der Waals surface area (Å²) in [6.07, 6.45) is 0.935. The summed E-state index contributed by atoms with van der Waals surface area (Å²) >= 11 is 5.90. The molecule has 2 aromatic carbocycles. The molecule has 0 amide bonds. The van der Waals surface area contributed by atoms with Gasteiger partial charge in [-0.05, 0) is 50.2 Å². The highest BCUT2D eigenvalue weighted by atomic mass is 35.5. The molecule has 0 aliphatic carbocycles. The first-order chi connectivity index (χ1) is 10.0. The number of benzene rings is 2. The van der Waals surface area contributed by atoms with Crippen LogP contribution in [-0.4, -0.2) is 18.5 Å². The van der Waals surface area contributed by atoms with E-state index in [9.17, 15) is 0 Å². The minimum Gasteiger partial charge on any atom is -0.324 e. The standard InChI is InChI=1S/C18H23ClN2/c1-14-3-5-15(6-4-14)13-21(2)12-11-18(20)16-7-9-17(19)10-8-16/h3-10,18H,11-13,20H2,1-2H3. The van der Waals surface area contributed by atoms with E-state index in [1.165, 1.54) is 11.1 Å². The van der Waals surface area contributed by atoms with Crippen molar-refractivity contribution in [1.29, 1.82) is 0 Å². The van der Waals surface area contributed by atoms with E-state index >= 15 is 0 Å². The van der Waals surface area contributed by atoms with Crippen molar-refractivity contribution in [2.45, 2.75) is 25.9 Å². The van der Waals surface area contributed by atoms with Gasteiger partial charge in [-0.2, -0.15) is 0 Å². The lowest BCUT2D eigenvalue weighted by atomic mass is 10.0. The number of nitrogens with two attached hydrogens (primary N) is 1. The van der Waals surface area contributed by atoms with Gasteiger partial charge in [0.1, 0.15) is 0 Å². The predicted octanol–water partition coefficient (Wildman–Crippen LogP) is 4.17. The van der Waals surface area contributed by atoms with Crippen LogP contribution in [-0.2, 0) is 6.54 Å². The van der Waals surface area contributed by atoms with Crippen LogP contribution in [0.15, 0.2) is 48.5 Å². The van der Waals surface area contributed by atoms with Crippen LogP contribution in [0.5, 0.6) is 0 Å². The summed E-state index contributed by atoms with van der Waals surface area (Å²) in [6, 6.07) is 16.5. The molecular formula is C18H23ClN2. The molecule has 0 heterocycles. The van der Waals surface area contributed by atoms with E-state index in [1.54, 1.807) is 0 Å². The van der Waals surface area contributed by atoms with Crippen molar-refractivity contribution in [2.75, 3.05) is 13.6 Å². The molecular weight excluding hydrogens is 280 g/mol. The van der Waals surface area contributed by atoms with Gasteiger partial charge in [0.25, 0.3) is 0 Å². The summed E-state index contributed by atoms with van der Waals surface area (Å²) in [7, 11) is 2.13. The van der Waals surface area contributed by atoms with Gasteiger partial charge in [-0.25, -0.2) is 0 Å². The minimum absolute atomic E-state index is 0.0581. The summed E-state index contributed by atoms with van der Waals surface area (Å²) < 4.78 is 0. The topological polar surface area (TPSA) is 29.3 Å². The maximum absolute atomic E-state index is 6.24. The van der Waals surface area contributed by atoms with E-state index in [2.05, 4.69) is 43.1 Å². The average molecular weight is 303 g/mol. The predicted molar refractivity (Wildman–Crippen MR) is 90.5 cm³/mol. The second-order valence-corrected chi connectivity index (χ2v) is 6.11. The van der Waals surface area contributed by atoms with E-state index in [-0.39, 0.29) is 6.04 Å². The highest BCUT2D eigenvalue weighted by molar-refractivity contribution is 6.30. The van der Waals surface area contributed by atoms with Crippen molar-refractivity contribution < 1.29 is 0 Å². The van der Waals surface area contributed by atoms with E-state index in [0.717, 1.165) is 30.1 Å². The molecule has 112 valence electrons. The highest BCUT2D eigenvalue weighted by Crippen LogP contribution is 2.17. The number of nitrogens with zero attached hydrogens (tertiary/aromatic N) is 1. The van der Waals surface area contributed by atoms with Crippen molar-refractivity contribution >= 4 is 11.6 Å². The number of aryl methyl sites for hydroxylation is 1. The van der Waals surface area contributed by atoms with E-state index in [4.69, 9.17) is 17.3 Å². The Morgan fingerprint density at radius 2 is 1.67 bits per heavy atom. The lowest BCUT2D eigenvalue weighted by Crippen LogP contribution is -2.23. The summed E-state index contributed by atoms with van der Waals surface area (Å²) in [6.45, 7) is 4.03. The quantitative estimate of drug-likeness (QED) is 0.868. The first-order valence-corrected chi connectivity index (χ1v) is 7.67. The summed E-state index contributed by atoms with van der Waals surface area (Å²) in [5.41, 5.74) is 10.0. The molecule has 1 unspecified atom stereocenters. The van der Waals surface area contributed by atoms with Crippen LogP contribution < -0.4 is 5.73 Å². The Bertz CT molecular complexity index is 548. The Morgan fingerprint density at radius 1 is 1.05 bits per heavy atom. The van der Waals surface area contributed by atoms with Gasteiger partial charge in [0.15, 0.2) is 0 Å². The maximum Gasteiger partial charge on any atom is 0.0406 e. The van der Waals surface area contributed by atoms with Crippen molar-refractivity contribution in [3.8, 4) is 0 Å². The molecule has 21 heavy (non-hydrogen) atoms. The zero-order chi connectivity index (χ0) is 15.2. The van der Waals surface area contributed by atoms with Crippen LogP contribution in [0, 0.1) is 6.92 Å². The highest BCUT2D eigenvalue weighted by Gasteiger charge is 2.08. The van der Waals surface area contributed by atoms with Crippen LogP contribution in [0.4, 0.5) is 0 Å². The third kappa shape index (κ3) is 5.16. The lowest BCUT2D eigenvalue weighted by molar-refractivity contribution is 0.311. The average Bonchev–Trinajstić information content (AvgIpc) is 2.48. The molecule has 0 bridgehead atoms. The monoisotopic (exact) mass is 302 g/mol. The Labute approximate surface area is 132 Å². The molecule has 2 aromatic rings. The zero-order valence-corrected chi connectivity index (χ0v) is 13.5. The van der Waals surface area contributed by atoms with Gasteiger partial charge in [0.05, 0.1) is 0 Å². The normalized spacial score (nSPS) is 12.6. The molecule has 0 fully saturated rings. The van der Waals surface area contributed by atoms with E-state index in [1.807, 2.05) is 24.3 Å². The van der Waals surface area contributed by atoms with Crippen molar-refractivity contribution in [2.24, 2.45) is 5.73 Å². The summed E-state index contributed by atoms with van der Waals surface area (Å²) in [5, 5.41) is 0.752. The third-order valence-electron chi connectivity index (χ3n) is 3.69. The summed E-state index contributed by atoms with van der Waals surface area (Å²) in [4.78, 5) is 2.31. The van der Waals surface area contributed by atoms with E-state index < -0.39 is 0 Å². The van der Waals surface area contributed by atoms with Crippen molar-refractivity contribution in [1.82, 2.24) is 4.90 Å². The Balaban J connectivity index is 1.81. The first-order valence-electron chi connectivity index (χ1n) is 7.30. The molecule has 2 N–H and O–H groups in total. The van der Waals surface area contributed by atoms with Gasteiger partial charge in [-0.15, -0.1) is 0 Å². The Hall–Kier alpha value is -1.35. The van der Waals surface area contributed by atoms with Crippen LogP contribution >= 0.6 is 11.6 Å². The molecule has 3 heteroatoms. The fourth-order valence-corrected chi connectivity index (χ4v) is 2.45. The van der Waals surface area contributed by atoms with Crippen molar-refractivity contribution in [3.63, 3.8) is 0 Å². The van der Waals surface area contributed by atoms with Crippen LogP contribution in [0.2, 0.25) is 5.02 Å². The van der Waals surface area contributed by atoms with Gasteiger partial charge in [0, 0.05) is 17.6 Å². The molecule has 0 saturated heterocycles. The van der Waals surface area contributed by atoms with Crippen molar-refractivity contribution in [3.05, 3.63) is 70.2 Å². The second-order valence-electron chi connectivity index (χ2n) is 5.67. The largest absolute Gasteiger partial charge is 0.324 e. The van der Waals surface area contributed by atoms with Gasteiger partial charge in [-0.1, -0.05) is 53.6 Å². The van der Waals surface area contributed by atoms with Crippen LogP contribution in [0.1, 0.15) is 29.2 Å². The van der Waals surface area contributed by atoms with E-state index in [0.29, 0.717) is 0 Å². The van der Waals surface area contributed by atoms with Crippen LogP contribution in [0.25, 0.3) is 0 Å². The van der Waals surface area contributed by atoms with Gasteiger partial charge >= 0.3 is 0 Å². The van der Waals surface area contributed by atoms with Crippen LogP contribution in [0.3, 0.4) is 0 Å². The lowest BCUT2D eigenvalue weighted by Gasteiger charge is -2.20. The molecule has 0 aliphatic rings. The molecule has 0 radical (unpaired) electrons. The number of halogens is 1. The summed E-state index contributed by atoms with van der Waals surface area (Å²) in [5.74, 6) is 0. The third-order valence-corrected chi connectivity index (χ3v) is 3.95. The minimum atomic E-state index is 0.0581. The first kappa shape index (κ1) is 16.0. The Morgan fingerprint density at radius 3 is 2.29 bits per heavy atom.